The molecular weight excluding hydrogens is 411 g/mol. The van der Waals surface area contributed by atoms with Gasteiger partial charge in [0.2, 0.25) is 0 Å². The normalized spacial score (nSPS) is 10.6. The van der Waals surface area contributed by atoms with Crippen LogP contribution in [-0.2, 0) is 4.79 Å². The van der Waals surface area contributed by atoms with Crippen LogP contribution in [0, 0.1) is 0 Å². The van der Waals surface area contributed by atoms with Crippen LogP contribution in [0.3, 0.4) is 0 Å². The van der Waals surface area contributed by atoms with Crippen molar-refractivity contribution in [3.8, 4) is 17.2 Å². The Labute approximate surface area is 170 Å². The zero-order valence-electron chi connectivity index (χ0n) is 14.9. The van der Waals surface area contributed by atoms with Gasteiger partial charge in [-0.3, -0.25) is 4.79 Å². The number of rotatable bonds is 8. The molecule has 0 spiro atoms. The van der Waals surface area contributed by atoms with Gasteiger partial charge >= 0.3 is 5.97 Å². The third-order valence-electron chi connectivity index (χ3n) is 3.44. The van der Waals surface area contributed by atoms with E-state index in [2.05, 4.69) is 10.5 Å². The minimum Gasteiger partial charge on any atom is -0.493 e. The number of hydrogen-bond donors (Lipinski definition) is 2. The van der Waals surface area contributed by atoms with Gasteiger partial charge < -0.3 is 19.3 Å². The fourth-order valence-corrected chi connectivity index (χ4v) is 2.68. The zero-order valence-corrected chi connectivity index (χ0v) is 16.4. The van der Waals surface area contributed by atoms with E-state index in [4.69, 9.17) is 37.4 Å². The van der Waals surface area contributed by atoms with Crippen LogP contribution in [0.15, 0.2) is 35.4 Å². The summed E-state index contributed by atoms with van der Waals surface area (Å²) in [5.74, 6) is -1.21. The topological polar surface area (TPSA) is 106 Å². The van der Waals surface area contributed by atoms with E-state index in [0.29, 0.717) is 10.8 Å². The molecule has 0 saturated carbocycles. The van der Waals surface area contributed by atoms with Crippen molar-refractivity contribution < 1.29 is 28.9 Å². The first-order chi connectivity index (χ1) is 13.4. The monoisotopic (exact) mass is 426 g/mol. The number of benzene rings is 2. The molecule has 0 aromatic heterocycles. The van der Waals surface area contributed by atoms with Crippen LogP contribution < -0.4 is 19.6 Å². The number of nitrogens with zero attached hydrogens (tertiary/aromatic N) is 1. The quantitative estimate of drug-likeness (QED) is 0.495. The Balaban J connectivity index is 2.05. The Bertz CT molecular complexity index is 917. The van der Waals surface area contributed by atoms with Gasteiger partial charge in [-0.1, -0.05) is 23.2 Å². The molecule has 2 aromatic rings. The zero-order chi connectivity index (χ0) is 20.7. The molecule has 0 atom stereocenters. The summed E-state index contributed by atoms with van der Waals surface area (Å²) in [7, 11) is 2.72. The molecule has 0 fully saturated rings. The van der Waals surface area contributed by atoms with Crippen LogP contribution in [-0.4, -0.2) is 44.0 Å². The molecule has 0 radical (unpaired) electrons. The summed E-state index contributed by atoms with van der Waals surface area (Å²) >= 11 is 11.7. The second-order valence-electron chi connectivity index (χ2n) is 5.23. The summed E-state index contributed by atoms with van der Waals surface area (Å²) in [5.41, 5.74) is 2.30. The van der Waals surface area contributed by atoms with Gasteiger partial charge in [0, 0.05) is 10.6 Å². The SMILES string of the molecule is COc1ccc(/C=N/NC(=O)COc2ccc(Cl)cc2Cl)c(C(=O)O)c1OC. The number of carbonyl (C=O) groups excluding carboxylic acids is 1. The van der Waals surface area contributed by atoms with Crippen molar-refractivity contribution in [2.75, 3.05) is 20.8 Å². The van der Waals surface area contributed by atoms with E-state index in [1.54, 1.807) is 6.07 Å². The predicted molar refractivity (Wildman–Crippen MR) is 104 cm³/mol. The first-order valence-corrected chi connectivity index (χ1v) is 8.51. The molecule has 2 rings (SSSR count). The molecule has 148 valence electrons. The van der Waals surface area contributed by atoms with Crippen LogP contribution in [0.4, 0.5) is 0 Å². The number of halogens is 2. The maximum absolute atomic E-state index is 11.8. The van der Waals surface area contributed by atoms with Gasteiger partial charge in [-0.15, -0.1) is 0 Å². The minimum atomic E-state index is -1.23. The molecule has 0 saturated heterocycles. The lowest BCUT2D eigenvalue weighted by molar-refractivity contribution is -0.123. The molecule has 10 heteroatoms. The smallest absolute Gasteiger partial charge is 0.340 e. The second-order valence-corrected chi connectivity index (χ2v) is 6.07. The summed E-state index contributed by atoms with van der Waals surface area (Å²) in [4.78, 5) is 23.4. The number of amides is 1. The van der Waals surface area contributed by atoms with Crippen molar-refractivity contribution in [3.05, 3.63) is 51.5 Å². The van der Waals surface area contributed by atoms with E-state index >= 15 is 0 Å². The van der Waals surface area contributed by atoms with E-state index in [1.807, 2.05) is 0 Å². The summed E-state index contributed by atoms with van der Waals surface area (Å²) in [6.07, 6.45) is 1.18. The fraction of sp³-hybridized carbons (Fsp3) is 0.167. The van der Waals surface area contributed by atoms with E-state index < -0.39 is 11.9 Å². The average molecular weight is 427 g/mol. The Kier molecular flexibility index (Phi) is 7.48. The van der Waals surface area contributed by atoms with Crippen molar-refractivity contribution in [2.45, 2.75) is 0 Å². The van der Waals surface area contributed by atoms with Gasteiger partial charge in [0.15, 0.2) is 18.1 Å². The minimum absolute atomic E-state index is 0.0472. The van der Waals surface area contributed by atoms with E-state index in [-0.39, 0.29) is 34.3 Å². The van der Waals surface area contributed by atoms with Crippen LogP contribution in [0.5, 0.6) is 17.2 Å². The summed E-state index contributed by atoms with van der Waals surface area (Å²) < 4.78 is 15.5. The number of hydrogen-bond acceptors (Lipinski definition) is 6. The van der Waals surface area contributed by atoms with Gasteiger partial charge in [-0.05, 0) is 30.3 Å². The van der Waals surface area contributed by atoms with Crippen LogP contribution in [0.2, 0.25) is 10.0 Å². The highest BCUT2D eigenvalue weighted by Gasteiger charge is 2.20. The van der Waals surface area contributed by atoms with E-state index in [0.717, 1.165) is 0 Å². The highest BCUT2D eigenvalue weighted by Crippen LogP contribution is 2.33. The van der Waals surface area contributed by atoms with Crippen molar-refractivity contribution in [1.29, 1.82) is 0 Å². The Morgan fingerprint density at radius 3 is 2.46 bits per heavy atom. The highest BCUT2D eigenvalue weighted by molar-refractivity contribution is 6.35. The predicted octanol–water partition coefficient (Wildman–Crippen LogP) is 3.24. The van der Waals surface area contributed by atoms with Crippen molar-refractivity contribution >= 4 is 41.3 Å². The second kappa shape index (κ2) is 9.82. The van der Waals surface area contributed by atoms with Gasteiger partial charge in [-0.25, -0.2) is 10.2 Å². The number of hydrazone groups is 1. The molecular formula is C18H16Cl2N2O6. The molecule has 8 nitrogen and oxygen atoms in total. The number of carboxylic acid groups (broad SMARTS) is 1. The Morgan fingerprint density at radius 2 is 1.86 bits per heavy atom. The lowest BCUT2D eigenvalue weighted by atomic mass is 10.1. The number of ether oxygens (including phenoxy) is 3. The molecule has 0 aliphatic carbocycles. The number of methoxy groups -OCH3 is 2. The molecule has 2 N–H and O–H groups in total. The van der Waals surface area contributed by atoms with Crippen molar-refractivity contribution in [2.24, 2.45) is 5.10 Å². The summed E-state index contributed by atoms with van der Waals surface area (Å²) in [5, 5.41) is 13.9. The average Bonchev–Trinajstić information content (AvgIpc) is 2.66. The van der Waals surface area contributed by atoms with Gasteiger partial charge in [0.05, 0.1) is 25.5 Å². The van der Waals surface area contributed by atoms with Gasteiger partial charge in [0.25, 0.3) is 5.91 Å². The van der Waals surface area contributed by atoms with Gasteiger partial charge in [-0.2, -0.15) is 5.10 Å². The third kappa shape index (κ3) is 5.28. The molecule has 1 amide bonds. The molecule has 0 aliphatic rings. The van der Waals surface area contributed by atoms with Crippen LogP contribution in [0.1, 0.15) is 15.9 Å². The largest absolute Gasteiger partial charge is 0.493 e. The maximum Gasteiger partial charge on any atom is 0.340 e. The van der Waals surface area contributed by atoms with Crippen molar-refractivity contribution in [3.63, 3.8) is 0 Å². The van der Waals surface area contributed by atoms with Gasteiger partial charge in [0.1, 0.15) is 11.3 Å². The Morgan fingerprint density at radius 1 is 1.14 bits per heavy atom. The van der Waals surface area contributed by atoms with E-state index in [9.17, 15) is 14.7 Å². The molecule has 0 bridgehead atoms. The molecule has 0 aliphatic heterocycles. The van der Waals surface area contributed by atoms with E-state index in [1.165, 1.54) is 44.7 Å². The first-order valence-electron chi connectivity index (χ1n) is 7.75. The number of aromatic carboxylic acids is 1. The number of carbonyl (C=O) groups is 2. The summed E-state index contributed by atoms with van der Waals surface area (Å²) in [6.45, 7) is -0.351. The number of carboxylic acids is 1. The standard InChI is InChI=1S/C18H16Cl2N2O6/c1-26-14-5-3-10(16(18(24)25)17(14)27-2)8-21-22-15(23)9-28-13-6-4-11(19)7-12(13)20/h3-8H,9H2,1-2H3,(H,22,23)(H,24,25)/b21-8+. The van der Waals surface area contributed by atoms with Crippen molar-refractivity contribution in [1.82, 2.24) is 5.43 Å². The lowest BCUT2D eigenvalue weighted by Gasteiger charge is -2.12. The Hall–Kier alpha value is -2.97. The first kappa shape index (κ1) is 21.3. The molecule has 28 heavy (non-hydrogen) atoms. The third-order valence-corrected chi connectivity index (χ3v) is 3.97. The van der Waals surface area contributed by atoms with Crippen LogP contribution >= 0.6 is 23.2 Å². The fourth-order valence-electron chi connectivity index (χ4n) is 2.21. The lowest BCUT2D eigenvalue weighted by Crippen LogP contribution is -2.24. The molecule has 0 unspecified atom stereocenters. The molecule has 2 aromatic carbocycles. The highest BCUT2D eigenvalue weighted by atomic mass is 35.5. The maximum atomic E-state index is 11.8. The molecule has 0 heterocycles. The number of nitrogens with one attached hydrogen (secondary N) is 1. The summed E-state index contributed by atoms with van der Waals surface area (Å²) in [6, 6.07) is 7.59. The van der Waals surface area contributed by atoms with Crippen LogP contribution in [0.25, 0.3) is 0 Å².